The molecule has 1 aliphatic rings. The van der Waals surface area contributed by atoms with Crippen LogP contribution in [0.3, 0.4) is 0 Å². The smallest absolute Gasteiger partial charge is 0.347 e. The molecule has 16 heavy (non-hydrogen) atoms. The minimum Gasteiger partial charge on any atom is -0.390 e. The van der Waals surface area contributed by atoms with E-state index in [1.807, 2.05) is 4.98 Å². The lowest BCUT2D eigenvalue weighted by molar-refractivity contribution is -0.179. The van der Waals surface area contributed by atoms with E-state index in [-0.39, 0.29) is 12.8 Å². The summed E-state index contributed by atoms with van der Waals surface area (Å²) < 4.78 is 19.2. The van der Waals surface area contributed by atoms with Crippen molar-refractivity contribution in [3.8, 4) is 0 Å². The molecule has 0 radical (unpaired) electrons. The summed E-state index contributed by atoms with van der Waals surface area (Å²) in [6.07, 6.45) is 0.181. The van der Waals surface area contributed by atoms with Gasteiger partial charge < -0.3 is 9.84 Å². The number of rotatable bonds is 2. The van der Waals surface area contributed by atoms with Gasteiger partial charge in [0.25, 0.3) is 5.56 Å². The summed E-state index contributed by atoms with van der Waals surface area (Å²) >= 11 is 0. The van der Waals surface area contributed by atoms with Gasteiger partial charge in [0.2, 0.25) is 5.85 Å². The average molecular weight is 231 g/mol. The van der Waals surface area contributed by atoms with Gasteiger partial charge in [-0.15, -0.1) is 0 Å². The predicted octanol–water partition coefficient (Wildman–Crippen LogP) is -1.10. The second-order valence-electron chi connectivity index (χ2n) is 3.54. The van der Waals surface area contributed by atoms with E-state index < -0.39 is 29.9 Å². The average Bonchev–Trinajstić information content (AvgIpc) is 2.62. The lowest BCUT2D eigenvalue weighted by atomic mass is 10.2. The van der Waals surface area contributed by atoms with Crippen molar-refractivity contribution in [1.29, 1.82) is 0 Å². The van der Waals surface area contributed by atoms with Crippen LogP contribution in [0.1, 0.15) is 19.1 Å². The minimum atomic E-state index is -2.14. The summed E-state index contributed by atoms with van der Waals surface area (Å²) in [5.74, 6) is -2.14. The van der Waals surface area contributed by atoms with Crippen LogP contribution >= 0.6 is 0 Å². The Kier molecular flexibility index (Phi) is 2.60. The summed E-state index contributed by atoms with van der Waals surface area (Å²) in [5, 5.41) is 12.3. The van der Waals surface area contributed by atoms with Crippen molar-refractivity contribution in [2.45, 2.75) is 24.9 Å². The van der Waals surface area contributed by atoms with Gasteiger partial charge in [-0.1, -0.05) is 0 Å². The number of hydrogen-bond donors (Lipinski definition) is 2. The molecule has 0 aliphatic carbocycles. The third kappa shape index (κ3) is 1.89. The molecule has 0 unspecified atom stereocenters. The molecule has 0 spiro atoms. The molecule has 1 saturated heterocycles. The molecule has 0 aromatic carbocycles. The fourth-order valence-corrected chi connectivity index (χ4v) is 1.56. The van der Waals surface area contributed by atoms with Crippen LogP contribution in [0, 0.1) is 0 Å². The molecule has 1 aliphatic heterocycles. The van der Waals surface area contributed by atoms with E-state index in [0.717, 1.165) is 10.9 Å². The highest BCUT2D eigenvalue weighted by Crippen LogP contribution is 2.35. The topological polar surface area (TPSA) is 97.2 Å². The van der Waals surface area contributed by atoms with E-state index in [9.17, 15) is 14.0 Å². The number of aromatic nitrogens is 3. The standard InChI is InChI=1S/C8H10FN3O4/c9-8(4-13)2-1-6(16-8)12-7(15)11-5(14)3-10-12/h3,6,13H,1-2,4H2,(H,11,14,15)/t6-,8+/m1/s1. The third-order valence-electron chi connectivity index (χ3n) is 2.36. The predicted molar refractivity (Wildman–Crippen MR) is 49.4 cm³/mol. The number of aliphatic hydroxyl groups excluding tert-OH is 1. The summed E-state index contributed by atoms with van der Waals surface area (Å²) in [7, 11) is 0. The summed E-state index contributed by atoms with van der Waals surface area (Å²) in [6.45, 7) is -0.776. The number of aliphatic hydroxyl groups is 1. The van der Waals surface area contributed by atoms with Gasteiger partial charge in [0.1, 0.15) is 12.8 Å². The molecule has 7 nitrogen and oxygen atoms in total. The van der Waals surface area contributed by atoms with Gasteiger partial charge in [0, 0.05) is 6.42 Å². The van der Waals surface area contributed by atoms with Crippen molar-refractivity contribution in [1.82, 2.24) is 14.8 Å². The van der Waals surface area contributed by atoms with E-state index >= 15 is 0 Å². The van der Waals surface area contributed by atoms with Crippen molar-refractivity contribution in [3.05, 3.63) is 27.0 Å². The Morgan fingerprint density at radius 1 is 1.75 bits per heavy atom. The molecule has 2 N–H and O–H groups in total. The number of ether oxygens (including phenoxy) is 1. The van der Waals surface area contributed by atoms with Gasteiger partial charge in [-0.2, -0.15) is 9.78 Å². The van der Waals surface area contributed by atoms with Crippen LogP contribution in [-0.2, 0) is 4.74 Å². The Bertz CT molecular complexity index is 499. The second kappa shape index (κ2) is 3.80. The number of nitrogens with zero attached hydrogens (tertiary/aromatic N) is 2. The summed E-state index contributed by atoms with van der Waals surface area (Å²) in [4.78, 5) is 24.0. The highest BCUT2D eigenvalue weighted by Gasteiger charge is 2.41. The maximum absolute atomic E-state index is 13.5. The van der Waals surface area contributed by atoms with Crippen LogP contribution in [0.4, 0.5) is 4.39 Å². The molecule has 8 heteroatoms. The van der Waals surface area contributed by atoms with E-state index in [4.69, 9.17) is 9.84 Å². The van der Waals surface area contributed by atoms with E-state index in [1.165, 1.54) is 0 Å². The highest BCUT2D eigenvalue weighted by atomic mass is 19.2. The van der Waals surface area contributed by atoms with Crippen molar-refractivity contribution in [2.75, 3.05) is 6.61 Å². The van der Waals surface area contributed by atoms with Gasteiger partial charge in [-0.25, -0.2) is 9.18 Å². The van der Waals surface area contributed by atoms with Gasteiger partial charge in [0.15, 0.2) is 6.23 Å². The molecule has 0 amide bonds. The zero-order valence-corrected chi connectivity index (χ0v) is 8.22. The highest BCUT2D eigenvalue weighted by molar-refractivity contribution is 4.79. The Balaban J connectivity index is 2.27. The van der Waals surface area contributed by atoms with Crippen LogP contribution in [0.25, 0.3) is 0 Å². The van der Waals surface area contributed by atoms with Crippen LogP contribution in [-0.4, -0.2) is 32.3 Å². The number of aromatic amines is 1. The maximum Gasteiger partial charge on any atom is 0.347 e. The lowest BCUT2D eigenvalue weighted by Gasteiger charge is -2.17. The van der Waals surface area contributed by atoms with Gasteiger partial charge >= 0.3 is 5.69 Å². The summed E-state index contributed by atoms with van der Waals surface area (Å²) in [6, 6.07) is 0. The zero-order valence-electron chi connectivity index (χ0n) is 8.22. The maximum atomic E-state index is 13.5. The van der Waals surface area contributed by atoms with E-state index in [1.54, 1.807) is 0 Å². The Hall–Kier alpha value is -1.54. The van der Waals surface area contributed by atoms with Gasteiger partial charge in [-0.05, 0) is 6.42 Å². The molecule has 1 aromatic rings. The molecule has 1 aromatic heterocycles. The molecule has 2 rings (SSSR count). The van der Waals surface area contributed by atoms with Crippen LogP contribution in [0.15, 0.2) is 15.8 Å². The first kappa shape index (κ1) is 11.0. The van der Waals surface area contributed by atoms with Crippen LogP contribution < -0.4 is 11.2 Å². The Morgan fingerprint density at radius 3 is 3.06 bits per heavy atom. The quantitative estimate of drug-likeness (QED) is 0.673. The largest absolute Gasteiger partial charge is 0.390 e. The molecule has 2 atom stereocenters. The van der Waals surface area contributed by atoms with Crippen molar-refractivity contribution in [2.24, 2.45) is 0 Å². The van der Waals surface area contributed by atoms with Crippen molar-refractivity contribution < 1.29 is 14.2 Å². The first-order valence-corrected chi connectivity index (χ1v) is 4.70. The lowest BCUT2D eigenvalue weighted by Crippen LogP contribution is -2.35. The molecular weight excluding hydrogens is 221 g/mol. The van der Waals surface area contributed by atoms with Crippen LogP contribution in [0.2, 0.25) is 0 Å². The molecule has 0 saturated carbocycles. The second-order valence-corrected chi connectivity index (χ2v) is 3.54. The fraction of sp³-hybridized carbons (Fsp3) is 0.625. The first-order chi connectivity index (χ1) is 7.54. The zero-order chi connectivity index (χ0) is 11.8. The minimum absolute atomic E-state index is 0.0264. The monoisotopic (exact) mass is 231 g/mol. The molecule has 0 bridgehead atoms. The van der Waals surface area contributed by atoms with Gasteiger partial charge in [-0.3, -0.25) is 9.78 Å². The first-order valence-electron chi connectivity index (χ1n) is 4.70. The van der Waals surface area contributed by atoms with Crippen molar-refractivity contribution >= 4 is 0 Å². The van der Waals surface area contributed by atoms with Crippen LogP contribution in [0.5, 0.6) is 0 Å². The number of hydrogen-bond acceptors (Lipinski definition) is 5. The third-order valence-corrected chi connectivity index (χ3v) is 2.36. The molecule has 2 heterocycles. The number of alkyl halides is 1. The van der Waals surface area contributed by atoms with Gasteiger partial charge in [0.05, 0.1) is 0 Å². The SMILES string of the molecule is O=c1cnn([C@H]2CC[C@@](F)(CO)O2)c(=O)[nH]1. The number of H-pyrrole nitrogens is 1. The molecule has 88 valence electrons. The normalized spacial score (nSPS) is 29.5. The molecule has 1 fully saturated rings. The van der Waals surface area contributed by atoms with E-state index in [2.05, 4.69) is 5.10 Å². The molecular formula is C8H10FN3O4. The van der Waals surface area contributed by atoms with E-state index in [0.29, 0.717) is 0 Å². The Morgan fingerprint density at radius 2 is 2.50 bits per heavy atom. The fourth-order valence-electron chi connectivity index (χ4n) is 1.56. The Labute approximate surface area is 88.5 Å². The number of halogens is 1. The van der Waals surface area contributed by atoms with Crippen molar-refractivity contribution in [3.63, 3.8) is 0 Å². The summed E-state index contributed by atoms with van der Waals surface area (Å²) in [5.41, 5.74) is -1.40. The number of nitrogens with one attached hydrogen (secondary N) is 1.